The molecule has 0 bridgehead atoms. The van der Waals surface area contributed by atoms with Gasteiger partial charge in [-0.1, -0.05) is 6.07 Å². The van der Waals surface area contributed by atoms with Crippen molar-refractivity contribution in [1.29, 1.82) is 0 Å². The second-order valence-corrected chi connectivity index (χ2v) is 4.38. The van der Waals surface area contributed by atoms with Gasteiger partial charge in [0.25, 0.3) is 0 Å². The third-order valence-electron chi connectivity index (χ3n) is 3.01. The molecule has 1 unspecified atom stereocenters. The van der Waals surface area contributed by atoms with Crippen molar-refractivity contribution in [2.45, 2.75) is 20.0 Å². The fourth-order valence-corrected chi connectivity index (χ4v) is 2.17. The molecule has 2 aromatic rings. The molecule has 1 aromatic carbocycles. The summed E-state index contributed by atoms with van der Waals surface area (Å²) < 4.78 is 5.37. The second-order valence-electron chi connectivity index (χ2n) is 4.38. The third kappa shape index (κ3) is 2.36. The molecule has 1 N–H and O–H groups in total. The van der Waals surface area contributed by atoms with E-state index < -0.39 is 6.10 Å². The quantitative estimate of drug-likeness (QED) is 0.901. The molecule has 1 heterocycles. The number of aliphatic hydroxyl groups is 1. The summed E-state index contributed by atoms with van der Waals surface area (Å²) in [6.07, 6.45) is 2.66. The van der Waals surface area contributed by atoms with E-state index >= 15 is 0 Å². The van der Waals surface area contributed by atoms with Crippen LogP contribution in [-0.4, -0.2) is 17.2 Å². The number of hydrogen-bond acceptors (Lipinski definition) is 3. The molecule has 0 spiro atoms. The first kappa shape index (κ1) is 12.6. The molecule has 18 heavy (non-hydrogen) atoms. The van der Waals surface area contributed by atoms with Crippen LogP contribution in [0.2, 0.25) is 0 Å². The third-order valence-corrected chi connectivity index (χ3v) is 3.01. The Morgan fingerprint density at radius 2 is 1.83 bits per heavy atom. The standard InChI is InChI=1S/C15H17NO2/c1-10-8-11(2)14(13(9-10)18-3)15(17)12-4-6-16-7-5-12/h4-9,15,17H,1-3H3. The molecule has 1 aromatic heterocycles. The topological polar surface area (TPSA) is 42.4 Å². The Bertz CT molecular complexity index is 538. The molecule has 3 nitrogen and oxygen atoms in total. The van der Waals surface area contributed by atoms with Gasteiger partial charge in [-0.25, -0.2) is 0 Å². The highest BCUT2D eigenvalue weighted by molar-refractivity contribution is 5.47. The van der Waals surface area contributed by atoms with Gasteiger partial charge in [-0.15, -0.1) is 0 Å². The minimum Gasteiger partial charge on any atom is -0.496 e. The van der Waals surface area contributed by atoms with E-state index in [0.717, 1.165) is 28.0 Å². The van der Waals surface area contributed by atoms with Crippen molar-refractivity contribution in [3.05, 3.63) is 58.9 Å². The maximum atomic E-state index is 10.5. The Balaban J connectivity index is 2.51. The average Bonchev–Trinajstić information content (AvgIpc) is 2.38. The SMILES string of the molecule is COc1cc(C)cc(C)c1C(O)c1ccncc1. The number of hydrogen-bond donors (Lipinski definition) is 1. The molecule has 0 saturated heterocycles. The number of ether oxygens (including phenoxy) is 1. The van der Waals surface area contributed by atoms with E-state index in [4.69, 9.17) is 4.74 Å². The molecule has 0 radical (unpaired) electrons. The van der Waals surface area contributed by atoms with Crippen molar-refractivity contribution < 1.29 is 9.84 Å². The molecule has 2 rings (SSSR count). The number of methoxy groups -OCH3 is 1. The predicted octanol–water partition coefficient (Wildman–Crippen LogP) is 2.79. The summed E-state index contributed by atoms with van der Waals surface area (Å²) in [6, 6.07) is 7.60. The monoisotopic (exact) mass is 243 g/mol. The maximum Gasteiger partial charge on any atom is 0.125 e. The first-order chi connectivity index (χ1) is 8.63. The molecular formula is C15H17NO2. The van der Waals surface area contributed by atoms with Crippen LogP contribution in [-0.2, 0) is 0 Å². The summed E-state index contributed by atoms with van der Waals surface area (Å²) in [5.41, 5.74) is 3.77. The van der Waals surface area contributed by atoms with Gasteiger partial charge in [0.1, 0.15) is 11.9 Å². The van der Waals surface area contributed by atoms with Crippen LogP contribution in [0.15, 0.2) is 36.7 Å². The fourth-order valence-electron chi connectivity index (χ4n) is 2.17. The molecule has 3 heteroatoms. The normalized spacial score (nSPS) is 12.2. The molecule has 0 fully saturated rings. The fraction of sp³-hybridized carbons (Fsp3) is 0.267. The minimum absolute atomic E-state index is 0.691. The first-order valence-electron chi connectivity index (χ1n) is 5.86. The Labute approximate surface area is 107 Å². The number of nitrogens with zero attached hydrogens (tertiary/aromatic N) is 1. The highest BCUT2D eigenvalue weighted by Gasteiger charge is 2.18. The molecule has 0 amide bonds. The molecule has 0 aliphatic rings. The van der Waals surface area contributed by atoms with Gasteiger partial charge in [-0.3, -0.25) is 4.98 Å². The largest absolute Gasteiger partial charge is 0.496 e. The maximum absolute atomic E-state index is 10.5. The van der Waals surface area contributed by atoms with Crippen molar-refractivity contribution >= 4 is 0 Å². The summed E-state index contributed by atoms with van der Waals surface area (Å²) in [6.45, 7) is 3.99. The smallest absolute Gasteiger partial charge is 0.125 e. The van der Waals surface area contributed by atoms with Gasteiger partial charge >= 0.3 is 0 Å². The van der Waals surface area contributed by atoms with Crippen LogP contribution in [0.25, 0.3) is 0 Å². The van der Waals surface area contributed by atoms with E-state index in [1.807, 2.05) is 38.1 Å². The highest BCUT2D eigenvalue weighted by Crippen LogP contribution is 2.33. The zero-order chi connectivity index (χ0) is 13.1. The lowest BCUT2D eigenvalue weighted by Gasteiger charge is -2.18. The van der Waals surface area contributed by atoms with Crippen LogP contribution in [0.1, 0.15) is 28.4 Å². The highest BCUT2D eigenvalue weighted by atomic mass is 16.5. The van der Waals surface area contributed by atoms with Crippen LogP contribution in [0.3, 0.4) is 0 Å². The van der Waals surface area contributed by atoms with E-state index in [1.54, 1.807) is 19.5 Å². The zero-order valence-corrected chi connectivity index (χ0v) is 10.8. The van der Waals surface area contributed by atoms with Gasteiger partial charge in [0.2, 0.25) is 0 Å². The Morgan fingerprint density at radius 3 is 2.44 bits per heavy atom. The lowest BCUT2D eigenvalue weighted by Crippen LogP contribution is -2.05. The van der Waals surface area contributed by atoms with Crippen molar-refractivity contribution in [1.82, 2.24) is 4.98 Å². The number of rotatable bonds is 3. The molecule has 0 aliphatic heterocycles. The van der Waals surface area contributed by atoms with Gasteiger partial charge < -0.3 is 9.84 Å². The molecule has 94 valence electrons. The molecular weight excluding hydrogens is 226 g/mol. The first-order valence-corrected chi connectivity index (χ1v) is 5.86. The van der Waals surface area contributed by atoms with Gasteiger partial charge in [0.15, 0.2) is 0 Å². The van der Waals surface area contributed by atoms with Gasteiger partial charge in [0, 0.05) is 18.0 Å². The van der Waals surface area contributed by atoms with Crippen molar-refractivity contribution in [2.24, 2.45) is 0 Å². The number of benzene rings is 1. The number of aromatic nitrogens is 1. The van der Waals surface area contributed by atoms with Crippen LogP contribution < -0.4 is 4.74 Å². The van der Waals surface area contributed by atoms with E-state index in [9.17, 15) is 5.11 Å². The summed E-state index contributed by atoms with van der Waals surface area (Å²) in [7, 11) is 1.62. The summed E-state index contributed by atoms with van der Waals surface area (Å²) in [5.74, 6) is 0.719. The number of aryl methyl sites for hydroxylation is 2. The lowest BCUT2D eigenvalue weighted by molar-refractivity contribution is 0.213. The average molecular weight is 243 g/mol. The van der Waals surface area contributed by atoms with Crippen LogP contribution >= 0.6 is 0 Å². The molecule has 1 atom stereocenters. The van der Waals surface area contributed by atoms with Crippen LogP contribution in [0.4, 0.5) is 0 Å². The lowest BCUT2D eigenvalue weighted by atomic mass is 9.95. The van der Waals surface area contributed by atoms with E-state index in [2.05, 4.69) is 4.98 Å². The minimum atomic E-state index is -0.691. The molecule has 0 aliphatic carbocycles. The summed E-state index contributed by atoms with van der Waals surface area (Å²) >= 11 is 0. The number of pyridine rings is 1. The Hall–Kier alpha value is -1.87. The van der Waals surface area contributed by atoms with Gasteiger partial charge in [-0.2, -0.15) is 0 Å². The van der Waals surface area contributed by atoms with Gasteiger partial charge in [-0.05, 0) is 48.7 Å². The Kier molecular flexibility index (Phi) is 3.63. The van der Waals surface area contributed by atoms with E-state index in [0.29, 0.717) is 0 Å². The van der Waals surface area contributed by atoms with Gasteiger partial charge in [0.05, 0.1) is 7.11 Å². The van der Waals surface area contributed by atoms with Crippen molar-refractivity contribution in [3.8, 4) is 5.75 Å². The zero-order valence-electron chi connectivity index (χ0n) is 10.8. The van der Waals surface area contributed by atoms with Crippen molar-refractivity contribution in [3.63, 3.8) is 0 Å². The Morgan fingerprint density at radius 1 is 1.17 bits per heavy atom. The second kappa shape index (κ2) is 5.19. The summed E-state index contributed by atoms with van der Waals surface area (Å²) in [4.78, 5) is 3.96. The van der Waals surface area contributed by atoms with Crippen LogP contribution in [0, 0.1) is 13.8 Å². The van der Waals surface area contributed by atoms with E-state index in [-0.39, 0.29) is 0 Å². The van der Waals surface area contributed by atoms with Crippen LogP contribution in [0.5, 0.6) is 5.75 Å². The molecule has 0 saturated carbocycles. The predicted molar refractivity (Wildman–Crippen MR) is 70.8 cm³/mol. The number of aliphatic hydroxyl groups excluding tert-OH is 1. The van der Waals surface area contributed by atoms with E-state index in [1.165, 1.54) is 0 Å². The van der Waals surface area contributed by atoms with Crippen molar-refractivity contribution in [2.75, 3.05) is 7.11 Å². The summed E-state index contributed by atoms with van der Waals surface area (Å²) in [5, 5.41) is 10.5.